The van der Waals surface area contributed by atoms with E-state index in [0.717, 1.165) is 29.7 Å². The normalized spacial score (nSPS) is 16.7. The third kappa shape index (κ3) is 2.73. The summed E-state index contributed by atoms with van der Waals surface area (Å²) in [5, 5.41) is 4.88. The molecule has 1 N–H and O–H groups in total. The molecule has 0 saturated carbocycles. The molecule has 3 heterocycles. The lowest BCUT2D eigenvalue weighted by Gasteiger charge is -2.17. The number of hydrogen-bond acceptors (Lipinski definition) is 5. The van der Waals surface area contributed by atoms with Crippen molar-refractivity contribution in [2.24, 2.45) is 13.0 Å². The predicted octanol–water partition coefficient (Wildman–Crippen LogP) is 2.66. The summed E-state index contributed by atoms with van der Waals surface area (Å²) in [6.07, 6.45) is 4.44. The average molecular weight is 392 g/mol. The first kappa shape index (κ1) is 17.2. The molecular weight excluding hydrogens is 374 g/mol. The molecule has 1 aliphatic carbocycles. The van der Waals surface area contributed by atoms with E-state index in [1.807, 2.05) is 0 Å². The van der Waals surface area contributed by atoms with Crippen molar-refractivity contribution >= 4 is 39.1 Å². The first-order valence-corrected chi connectivity index (χ1v) is 9.59. The van der Waals surface area contributed by atoms with Crippen LogP contribution in [0.4, 0.5) is 0 Å². The van der Waals surface area contributed by atoms with Crippen molar-refractivity contribution in [3.8, 4) is 0 Å². The van der Waals surface area contributed by atoms with E-state index in [1.54, 1.807) is 25.3 Å². The summed E-state index contributed by atoms with van der Waals surface area (Å²) in [6, 6.07) is 0. The minimum atomic E-state index is -0.542. The molecule has 9 heteroatoms. The maximum absolute atomic E-state index is 13.1. The Kier molecular flexibility index (Phi) is 4.11. The van der Waals surface area contributed by atoms with Gasteiger partial charge in [-0.1, -0.05) is 18.5 Å². The second-order valence-corrected chi connectivity index (χ2v) is 8.26. The van der Waals surface area contributed by atoms with Gasteiger partial charge in [-0.05, 0) is 37.7 Å². The van der Waals surface area contributed by atoms with E-state index in [0.29, 0.717) is 17.1 Å². The number of aryl methyl sites for hydroxylation is 3. The number of nitrogens with zero attached hydrogens (tertiary/aromatic N) is 4. The first-order chi connectivity index (χ1) is 12.3. The molecule has 1 atom stereocenters. The Hall–Kier alpha value is -2.19. The number of fused-ring (bicyclic) bond motifs is 3. The standard InChI is InChI=1S/C17H18ClN5O2S/c1-8-4-5-10-12(6-8)26-16-13(10)17(25)23(9(2)19-16)21-15(24)14-11(18)7-22(3)20-14/h7-8H,4-6H2,1-3H3,(H,21,24). The number of nitrogens with one attached hydrogen (secondary N) is 1. The third-order valence-corrected chi connectivity index (χ3v) is 6.13. The van der Waals surface area contributed by atoms with Crippen LogP contribution in [0.15, 0.2) is 11.0 Å². The summed E-state index contributed by atoms with van der Waals surface area (Å²) in [4.78, 5) is 32.1. The molecular formula is C17H18ClN5O2S. The van der Waals surface area contributed by atoms with Crippen LogP contribution in [0.1, 0.15) is 40.1 Å². The Morgan fingerprint density at radius 2 is 2.23 bits per heavy atom. The molecule has 0 aliphatic heterocycles. The zero-order valence-corrected chi connectivity index (χ0v) is 16.2. The van der Waals surface area contributed by atoms with Gasteiger partial charge in [0.1, 0.15) is 10.7 Å². The van der Waals surface area contributed by atoms with Gasteiger partial charge in [-0.15, -0.1) is 11.3 Å². The molecule has 4 rings (SSSR count). The summed E-state index contributed by atoms with van der Waals surface area (Å²) in [6.45, 7) is 3.92. The van der Waals surface area contributed by atoms with Gasteiger partial charge in [0, 0.05) is 18.1 Å². The molecule has 0 radical (unpaired) electrons. The van der Waals surface area contributed by atoms with E-state index in [4.69, 9.17) is 11.6 Å². The molecule has 3 aromatic rings. The van der Waals surface area contributed by atoms with Crippen LogP contribution in [-0.4, -0.2) is 25.3 Å². The second-order valence-electron chi connectivity index (χ2n) is 6.77. The van der Waals surface area contributed by atoms with Crippen LogP contribution in [0.5, 0.6) is 0 Å². The number of carbonyl (C=O) groups excluding carboxylic acids is 1. The van der Waals surface area contributed by atoms with Gasteiger partial charge >= 0.3 is 0 Å². The van der Waals surface area contributed by atoms with Crippen molar-refractivity contribution in [3.05, 3.63) is 43.5 Å². The minimum absolute atomic E-state index is 0.0711. The largest absolute Gasteiger partial charge is 0.292 e. The van der Waals surface area contributed by atoms with E-state index in [1.165, 1.54) is 20.4 Å². The highest BCUT2D eigenvalue weighted by atomic mass is 35.5. The lowest BCUT2D eigenvalue weighted by Crippen LogP contribution is -2.36. The number of aromatic nitrogens is 4. The Balaban J connectivity index is 1.79. The Morgan fingerprint density at radius 3 is 2.92 bits per heavy atom. The molecule has 7 nitrogen and oxygen atoms in total. The zero-order valence-electron chi connectivity index (χ0n) is 14.7. The van der Waals surface area contributed by atoms with E-state index in [-0.39, 0.29) is 16.3 Å². The van der Waals surface area contributed by atoms with Gasteiger partial charge in [0.25, 0.3) is 11.5 Å². The van der Waals surface area contributed by atoms with E-state index in [2.05, 4.69) is 22.4 Å². The molecule has 0 fully saturated rings. The summed E-state index contributed by atoms with van der Waals surface area (Å²) in [7, 11) is 1.67. The fourth-order valence-corrected chi connectivity index (χ4v) is 5.07. The van der Waals surface area contributed by atoms with Crippen molar-refractivity contribution in [3.63, 3.8) is 0 Å². The van der Waals surface area contributed by atoms with Crippen molar-refractivity contribution < 1.29 is 4.79 Å². The van der Waals surface area contributed by atoms with Crippen LogP contribution in [0, 0.1) is 12.8 Å². The van der Waals surface area contributed by atoms with Crippen LogP contribution in [0.3, 0.4) is 0 Å². The monoisotopic (exact) mass is 391 g/mol. The highest BCUT2D eigenvalue weighted by Crippen LogP contribution is 2.35. The highest BCUT2D eigenvalue weighted by molar-refractivity contribution is 7.18. The fourth-order valence-electron chi connectivity index (χ4n) is 3.39. The summed E-state index contributed by atoms with van der Waals surface area (Å²) >= 11 is 7.61. The molecule has 0 bridgehead atoms. The van der Waals surface area contributed by atoms with Gasteiger partial charge in [0.15, 0.2) is 5.69 Å². The number of amides is 1. The number of halogens is 1. The molecule has 136 valence electrons. The third-order valence-electron chi connectivity index (χ3n) is 4.71. The van der Waals surface area contributed by atoms with Crippen LogP contribution in [0.25, 0.3) is 10.2 Å². The summed E-state index contributed by atoms with van der Waals surface area (Å²) in [5.74, 6) is 0.499. The lowest BCUT2D eigenvalue weighted by atomic mass is 9.89. The first-order valence-electron chi connectivity index (χ1n) is 8.39. The number of hydrogen-bond donors (Lipinski definition) is 1. The summed E-state index contributed by atoms with van der Waals surface area (Å²) in [5.41, 5.74) is 3.50. The maximum atomic E-state index is 13.1. The Bertz CT molecular complexity index is 1100. The molecule has 3 aromatic heterocycles. The predicted molar refractivity (Wildman–Crippen MR) is 102 cm³/mol. The molecule has 0 spiro atoms. The quantitative estimate of drug-likeness (QED) is 0.728. The topological polar surface area (TPSA) is 81.8 Å². The lowest BCUT2D eigenvalue weighted by molar-refractivity contribution is 0.100. The van der Waals surface area contributed by atoms with E-state index < -0.39 is 5.91 Å². The second kappa shape index (κ2) is 6.21. The van der Waals surface area contributed by atoms with Crippen LogP contribution in [0.2, 0.25) is 5.02 Å². The molecule has 0 saturated heterocycles. The number of thiophene rings is 1. The van der Waals surface area contributed by atoms with E-state index in [9.17, 15) is 9.59 Å². The van der Waals surface area contributed by atoms with Gasteiger partial charge < -0.3 is 0 Å². The maximum Gasteiger partial charge on any atom is 0.292 e. The molecule has 1 amide bonds. The van der Waals surface area contributed by atoms with Crippen LogP contribution >= 0.6 is 22.9 Å². The zero-order chi connectivity index (χ0) is 18.6. The average Bonchev–Trinajstić information content (AvgIpc) is 3.09. The summed E-state index contributed by atoms with van der Waals surface area (Å²) < 4.78 is 2.64. The van der Waals surface area contributed by atoms with Gasteiger partial charge in [-0.25, -0.2) is 9.66 Å². The molecule has 0 aromatic carbocycles. The SMILES string of the molecule is Cc1nc2sc3c(c2c(=O)n1NC(=O)c1nn(C)cc1Cl)CCC(C)C3. The smallest absolute Gasteiger partial charge is 0.273 e. The van der Waals surface area contributed by atoms with Crippen molar-refractivity contribution in [1.82, 2.24) is 19.4 Å². The van der Waals surface area contributed by atoms with Crippen molar-refractivity contribution in [2.75, 3.05) is 5.43 Å². The highest BCUT2D eigenvalue weighted by Gasteiger charge is 2.25. The molecule has 1 unspecified atom stereocenters. The number of rotatable bonds is 2. The fraction of sp³-hybridized carbons (Fsp3) is 0.412. The van der Waals surface area contributed by atoms with Crippen LogP contribution in [-0.2, 0) is 19.9 Å². The van der Waals surface area contributed by atoms with Gasteiger partial charge in [-0.3, -0.25) is 19.7 Å². The van der Waals surface area contributed by atoms with Crippen molar-refractivity contribution in [1.29, 1.82) is 0 Å². The number of carbonyl (C=O) groups is 1. The van der Waals surface area contributed by atoms with Gasteiger partial charge in [0.2, 0.25) is 0 Å². The van der Waals surface area contributed by atoms with Gasteiger partial charge in [-0.2, -0.15) is 5.10 Å². The molecule has 26 heavy (non-hydrogen) atoms. The van der Waals surface area contributed by atoms with Gasteiger partial charge in [0.05, 0.1) is 10.4 Å². The Labute approximate surface area is 158 Å². The molecule has 1 aliphatic rings. The van der Waals surface area contributed by atoms with E-state index >= 15 is 0 Å². The minimum Gasteiger partial charge on any atom is -0.273 e. The van der Waals surface area contributed by atoms with Crippen LogP contribution < -0.4 is 11.0 Å². The van der Waals surface area contributed by atoms with Crippen molar-refractivity contribution in [2.45, 2.75) is 33.1 Å². The Morgan fingerprint density at radius 1 is 1.46 bits per heavy atom.